The van der Waals surface area contributed by atoms with Crippen LogP contribution < -0.4 is 11.1 Å². The van der Waals surface area contributed by atoms with Crippen molar-refractivity contribution < 1.29 is 9.18 Å². The van der Waals surface area contributed by atoms with Gasteiger partial charge in [0, 0.05) is 24.8 Å². The van der Waals surface area contributed by atoms with Crippen LogP contribution >= 0.6 is 0 Å². The van der Waals surface area contributed by atoms with Gasteiger partial charge in [-0.1, -0.05) is 0 Å². The van der Waals surface area contributed by atoms with Gasteiger partial charge in [0.25, 0.3) is 5.91 Å². The number of amides is 1. The standard InChI is InChI=1S/C15H12FN7O/c1-22-3-2-8-4-18-6-10(12(8)22)20-15(24)11-13(17)21-23-7-9(16)5-19-14(11)23/h2-7H,1H3,(H2,17,21)(H,20,24). The Kier molecular flexibility index (Phi) is 2.95. The van der Waals surface area contributed by atoms with Gasteiger partial charge in [0.1, 0.15) is 5.56 Å². The Hall–Kier alpha value is -3.49. The zero-order valence-electron chi connectivity index (χ0n) is 12.6. The van der Waals surface area contributed by atoms with Crippen molar-refractivity contribution >= 4 is 34.0 Å². The molecular formula is C15H12FN7O. The number of halogens is 1. The number of nitrogen functional groups attached to an aromatic ring is 1. The Morgan fingerprint density at radius 2 is 2.17 bits per heavy atom. The van der Waals surface area contributed by atoms with Crippen LogP contribution in [0.4, 0.5) is 15.9 Å². The van der Waals surface area contributed by atoms with Crippen LogP contribution in [0, 0.1) is 5.82 Å². The molecule has 0 unspecified atom stereocenters. The van der Waals surface area contributed by atoms with Crippen LogP contribution in [0.15, 0.2) is 37.1 Å². The summed E-state index contributed by atoms with van der Waals surface area (Å²) in [6.45, 7) is 0. The summed E-state index contributed by atoms with van der Waals surface area (Å²) in [5.41, 5.74) is 7.43. The van der Waals surface area contributed by atoms with Gasteiger partial charge in [0.05, 0.1) is 29.8 Å². The smallest absolute Gasteiger partial charge is 0.263 e. The first-order valence-corrected chi connectivity index (χ1v) is 7.04. The summed E-state index contributed by atoms with van der Waals surface area (Å²) in [5.74, 6) is -1.09. The van der Waals surface area contributed by atoms with Crippen LogP contribution in [0.2, 0.25) is 0 Å². The topological polar surface area (TPSA) is 103 Å². The number of anilines is 2. The molecule has 0 atom stereocenters. The number of nitrogens with one attached hydrogen (secondary N) is 1. The van der Waals surface area contributed by atoms with Crippen LogP contribution in [0.5, 0.6) is 0 Å². The monoisotopic (exact) mass is 325 g/mol. The highest BCUT2D eigenvalue weighted by Gasteiger charge is 2.21. The minimum Gasteiger partial charge on any atom is -0.381 e. The molecule has 0 aromatic carbocycles. The molecular weight excluding hydrogens is 313 g/mol. The van der Waals surface area contributed by atoms with E-state index in [4.69, 9.17) is 5.73 Å². The van der Waals surface area contributed by atoms with Crippen molar-refractivity contribution in [3.8, 4) is 0 Å². The van der Waals surface area contributed by atoms with E-state index in [0.717, 1.165) is 27.8 Å². The Morgan fingerprint density at radius 1 is 1.33 bits per heavy atom. The number of pyridine rings is 1. The van der Waals surface area contributed by atoms with E-state index in [0.29, 0.717) is 5.69 Å². The van der Waals surface area contributed by atoms with Gasteiger partial charge in [-0.15, -0.1) is 5.10 Å². The number of fused-ring (bicyclic) bond motifs is 2. The SMILES string of the molecule is Cn1ccc2cncc(NC(=O)c3c(N)nn4cc(F)cnc34)c21. The van der Waals surface area contributed by atoms with Crippen molar-refractivity contribution in [2.24, 2.45) is 7.05 Å². The average molecular weight is 325 g/mol. The molecule has 0 aliphatic rings. The largest absolute Gasteiger partial charge is 0.381 e. The van der Waals surface area contributed by atoms with Crippen molar-refractivity contribution in [3.05, 3.63) is 48.4 Å². The Balaban J connectivity index is 1.79. The Bertz CT molecular complexity index is 1100. The van der Waals surface area contributed by atoms with Crippen molar-refractivity contribution in [1.29, 1.82) is 0 Å². The molecule has 120 valence electrons. The molecule has 3 N–H and O–H groups in total. The highest BCUT2D eigenvalue weighted by atomic mass is 19.1. The number of nitrogens with zero attached hydrogens (tertiary/aromatic N) is 5. The maximum atomic E-state index is 13.2. The predicted octanol–water partition coefficient (Wildman–Crippen LogP) is 1.59. The van der Waals surface area contributed by atoms with Crippen molar-refractivity contribution in [3.63, 3.8) is 0 Å². The molecule has 0 spiro atoms. The number of nitrogens with two attached hydrogens (primary N) is 1. The van der Waals surface area contributed by atoms with E-state index in [2.05, 4.69) is 20.4 Å². The molecule has 0 radical (unpaired) electrons. The number of carbonyl (C=O) groups excluding carboxylic acids is 1. The molecule has 0 aliphatic heterocycles. The summed E-state index contributed by atoms with van der Waals surface area (Å²) in [4.78, 5) is 20.7. The third kappa shape index (κ3) is 2.06. The lowest BCUT2D eigenvalue weighted by Crippen LogP contribution is -2.14. The third-order valence-corrected chi connectivity index (χ3v) is 3.72. The summed E-state index contributed by atoms with van der Waals surface area (Å²) in [7, 11) is 1.87. The number of aromatic nitrogens is 5. The van der Waals surface area contributed by atoms with E-state index < -0.39 is 11.7 Å². The fourth-order valence-electron chi connectivity index (χ4n) is 2.68. The second-order valence-electron chi connectivity index (χ2n) is 5.31. The summed E-state index contributed by atoms with van der Waals surface area (Å²) >= 11 is 0. The van der Waals surface area contributed by atoms with Gasteiger partial charge < -0.3 is 15.6 Å². The van der Waals surface area contributed by atoms with E-state index in [1.165, 1.54) is 0 Å². The van der Waals surface area contributed by atoms with Crippen LogP contribution in [0.3, 0.4) is 0 Å². The van der Waals surface area contributed by atoms with E-state index in [-0.39, 0.29) is 17.0 Å². The maximum Gasteiger partial charge on any atom is 0.263 e. The number of rotatable bonds is 2. The lowest BCUT2D eigenvalue weighted by atomic mass is 10.2. The molecule has 0 bridgehead atoms. The van der Waals surface area contributed by atoms with Crippen LogP contribution in [-0.4, -0.2) is 30.1 Å². The molecule has 0 fully saturated rings. The molecule has 0 saturated heterocycles. The highest BCUT2D eigenvalue weighted by Crippen LogP contribution is 2.24. The summed E-state index contributed by atoms with van der Waals surface area (Å²) in [6, 6.07) is 1.89. The molecule has 9 heteroatoms. The Morgan fingerprint density at radius 3 is 3.00 bits per heavy atom. The normalized spacial score (nSPS) is 11.2. The average Bonchev–Trinajstić information content (AvgIpc) is 3.07. The molecule has 24 heavy (non-hydrogen) atoms. The quantitative estimate of drug-likeness (QED) is 0.582. The first kappa shape index (κ1) is 14.1. The molecule has 4 aromatic rings. The number of hydrogen-bond donors (Lipinski definition) is 2. The molecule has 4 heterocycles. The van der Waals surface area contributed by atoms with Gasteiger partial charge in [-0.3, -0.25) is 9.78 Å². The van der Waals surface area contributed by atoms with E-state index in [9.17, 15) is 9.18 Å². The molecule has 0 saturated carbocycles. The van der Waals surface area contributed by atoms with Gasteiger partial charge >= 0.3 is 0 Å². The predicted molar refractivity (Wildman–Crippen MR) is 86.0 cm³/mol. The zero-order valence-corrected chi connectivity index (χ0v) is 12.6. The maximum absolute atomic E-state index is 13.2. The zero-order chi connectivity index (χ0) is 16.8. The first-order valence-electron chi connectivity index (χ1n) is 7.04. The van der Waals surface area contributed by atoms with E-state index >= 15 is 0 Å². The highest BCUT2D eigenvalue weighted by molar-refractivity contribution is 6.13. The van der Waals surface area contributed by atoms with Gasteiger partial charge in [-0.05, 0) is 6.07 Å². The molecule has 0 aliphatic carbocycles. The number of aryl methyl sites for hydroxylation is 1. The second kappa shape index (κ2) is 5.01. The first-order chi connectivity index (χ1) is 11.5. The minimum atomic E-state index is -0.574. The van der Waals surface area contributed by atoms with Gasteiger partial charge in [0.2, 0.25) is 0 Å². The lowest BCUT2D eigenvalue weighted by Gasteiger charge is -2.07. The van der Waals surface area contributed by atoms with Gasteiger partial charge in [-0.25, -0.2) is 13.9 Å². The van der Waals surface area contributed by atoms with E-state index in [1.807, 2.05) is 23.9 Å². The summed E-state index contributed by atoms with van der Waals surface area (Å²) in [5, 5.41) is 7.58. The van der Waals surface area contributed by atoms with Crippen LogP contribution in [0.25, 0.3) is 16.6 Å². The van der Waals surface area contributed by atoms with Crippen LogP contribution in [-0.2, 0) is 7.05 Å². The molecule has 4 aromatic heterocycles. The van der Waals surface area contributed by atoms with Crippen molar-refractivity contribution in [2.45, 2.75) is 0 Å². The third-order valence-electron chi connectivity index (χ3n) is 3.72. The molecule has 1 amide bonds. The molecule has 4 rings (SSSR count). The van der Waals surface area contributed by atoms with E-state index in [1.54, 1.807) is 12.4 Å². The summed E-state index contributed by atoms with van der Waals surface area (Å²) < 4.78 is 16.2. The minimum absolute atomic E-state index is 0.0300. The molecule has 8 nitrogen and oxygen atoms in total. The number of carbonyl (C=O) groups is 1. The van der Waals surface area contributed by atoms with Gasteiger partial charge in [0.15, 0.2) is 17.3 Å². The summed E-state index contributed by atoms with van der Waals surface area (Å²) in [6.07, 6.45) is 7.24. The van der Waals surface area contributed by atoms with Crippen LogP contribution in [0.1, 0.15) is 10.4 Å². The number of hydrogen-bond acceptors (Lipinski definition) is 5. The van der Waals surface area contributed by atoms with Crippen molar-refractivity contribution in [1.82, 2.24) is 24.1 Å². The van der Waals surface area contributed by atoms with Gasteiger partial charge in [-0.2, -0.15) is 0 Å². The van der Waals surface area contributed by atoms with Crippen molar-refractivity contribution in [2.75, 3.05) is 11.1 Å². The lowest BCUT2D eigenvalue weighted by molar-refractivity contribution is 0.102. The second-order valence-corrected chi connectivity index (χ2v) is 5.31. The fourth-order valence-corrected chi connectivity index (χ4v) is 2.68. The Labute approximate surface area is 134 Å². The fraction of sp³-hybridized carbons (Fsp3) is 0.0667.